The number of hydrogen-bond donors (Lipinski definition) is 1. The van der Waals surface area contributed by atoms with Crippen molar-refractivity contribution < 1.29 is 27.1 Å². The number of anilines is 1. The molecule has 0 saturated carbocycles. The lowest BCUT2D eigenvalue weighted by molar-refractivity contribution is -0.139. The number of sulfonamides is 1. The van der Waals surface area contributed by atoms with Gasteiger partial charge in [-0.25, -0.2) is 12.8 Å². The summed E-state index contributed by atoms with van der Waals surface area (Å²) < 4.78 is 49.2. The number of benzene rings is 4. The van der Waals surface area contributed by atoms with Crippen LogP contribution in [0.5, 0.6) is 5.75 Å². The summed E-state index contributed by atoms with van der Waals surface area (Å²) in [5.41, 5.74) is 1.10. The Morgan fingerprint density at radius 2 is 1.45 bits per heavy atom. The topological polar surface area (TPSA) is 96.0 Å². The number of para-hydroxylation sites is 2. The fourth-order valence-corrected chi connectivity index (χ4v) is 6.05. The van der Waals surface area contributed by atoms with E-state index < -0.39 is 40.2 Å². The first-order valence-corrected chi connectivity index (χ1v) is 14.7. The zero-order valence-corrected chi connectivity index (χ0v) is 24.1. The Morgan fingerprint density at radius 1 is 0.857 bits per heavy atom. The highest BCUT2D eigenvalue weighted by atomic mass is 32.2. The van der Waals surface area contributed by atoms with Gasteiger partial charge in [0.15, 0.2) is 0 Å². The highest BCUT2D eigenvalue weighted by Crippen LogP contribution is 2.32. The Bertz CT molecular complexity index is 1620. The van der Waals surface area contributed by atoms with Crippen LogP contribution in [-0.4, -0.2) is 51.9 Å². The number of hydrogen-bond acceptors (Lipinski definition) is 5. The zero-order chi connectivity index (χ0) is 30.1. The number of amides is 2. The molecule has 0 fully saturated rings. The van der Waals surface area contributed by atoms with Crippen LogP contribution in [0, 0.1) is 5.82 Å². The monoisotopic (exact) mass is 589 g/mol. The summed E-state index contributed by atoms with van der Waals surface area (Å²) in [5.74, 6) is -1.49. The van der Waals surface area contributed by atoms with Crippen molar-refractivity contribution in [1.82, 2.24) is 10.2 Å². The van der Waals surface area contributed by atoms with Crippen molar-refractivity contribution in [3.8, 4) is 5.75 Å². The maximum atomic E-state index is 14.9. The van der Waals surface area contributed by atoms with Crippen LogP contribution < -0.4 is 14.4 Å². The smallest absolute Gasteiger partial charge is 0.264 e. The second-order valence-corrected chi connectivity index (χ2v) is 11.3. The fourth-order valence-electron chi connectivity index (χ4n) is 4.60. The van der Waals surface area contributed by atoms with E-state index in [1.54, 1.807) is 42.5 Å². The predicted octanol–water partition coefficient (Wildman–Crippen LogP) is 4.42. The molecule has 1 atom stereocenters. The van der Waals surface area contributed by atoms with Gasteiger partial charge in [0.1, 0.15) is 24.2 Å². The number of carbonyl (C=O) groups is 2. The number of carbonyl (C=O) groups excluding carboxylic acids is 2. The lowest BCUT2D eigenvalue weighted by Gasteiger charge is -2.34. The molecule has 0 aliphatic heterocycles. The third-order valence-electron chi connectivity index (χ3n) is 6.78. The molecule has 2 amide bonds. The molecule has 0 aliphatic carbocycles. The van der Waals surface area contributed by atoms with Crippen molar-refractivity contribution >= 4 is 27.5 Å². The molecule has 4 aromatic rings. The van der Waals surface area contributed by atoms with Crippen molar-refractivity contribution in [1.29, 1.82) is 0 Å². The number of methoxy groups -OCH3 is 1. The van der Waals surface area contributed by atoms with Gasteiger partial charge in [0.05, 0.1) is 17.7 Å². The zero-order valence-electron chi connectivity index (χ0n) is 23.3. The van der Waals surface area contributed by atoms with Gasteiger partial charge >= 0.3 is 0 Å². The molecule has 4 aromatic carbocycles. The standard InChI is InChI=1S/C32H32FN3O5S/c1-34-32(38)29(21-24-13-5-3-6-14-24)35(22-25-15-9-10-18-27(25)33)31(37)23-36(28-19-11-12-20-30(28)41-2)42(39,40)26-16-7-4-8-17-26/h3-20,29H,21-23H2,1-2H3,(H,34,38)/t29-/m0/s1. The lowest BCUT2D eigenvalue weighted by atomic mass is 10.0. The summed E-state index contributed by atoms with van der Waals surface area (Å²) >= 11 is 0. The highest BCUT2D eigenvalue weighted by molar-refractivity contribution is 7.92. The molecule has 0 aliphatic rings. The number of nitrogens with zero attached hydrogens (tertiary/aromatic N) is 2. The molecule has 0 bridgehead atoms. The van der Waals surface area contributed by atoms with Crippen LogP contribution >= 0.6 is 0 Å². The number of halogens is 1. The largest absolute Gasteiger partial charge is 0.495 e. The van der Waals surface area contributed by atoms with E-state index >= 15 is 0 Å². The normalized spacial score (nSPS) is 11.8. The minimum absolute atomic E-state index is 0.0310. The van der Waals surface area contributed by atoms with Crippen molar-refractivity contribution in [3.63, 3.8) is 0 Å². The number of likely N-dealkylation sites (N-methyl/N-ethyl adjacent to an activating group) is 1. The third kappa shape index (κ3) is 6.95. The van der Waals surface area contributed by atoms with Crippen molar-refractivity contribution in [2.75, 3.05) is 25.0 Å². The molecule has 0 aromatic heterocycles. The van der Waals surface area contributed by atoms with Gasteiger partial charge in [-0.2, -0.15) is 0 Å². The van der Waals surface area contributed by atoms with Gasteiger partial charge in [-0.15, -0.1) is 0 Å². The minimum Gasteiger partial charge on any atom is -0.495 e. The average molecular weight is 590 g/mol. The van der Waals surface area contributed by atoms with Gasteiger partial charge in [0.25, 0.3) is 10.0 Å². The summed E-state index contributed by atoms with van der Waals surface area (Å²) in [5, 5.41) is 2.60. The molecule has 0 unspecified atom stereocenters. The second kappa shape index (κ2) is 13.8. The van der Waals surface area contributed by atoms with Crippen molar-refractivity contribution in [2.24, 2.45) is 0 Å². The van der Waals surface area contributed by atoms with Crippen molar-refractivity contribution in [2.45, 2.75) is 23.9 Å². The highest BCUT2D eigenvalue weighted by Gasteiger charge is 2.35. The fraction of sp³-hybridized carbons (Fsp3) is 0.188. The molecule has 42 heavy (non-hydrogen) atoms. The number of nitrogens with one attached hydrogen (secondary N) is 1. The van der Waals surface area contributed by atoms with Crippen LogP contribution in [0.2, 0.25) is 0 Å². The summed E-state index contributed by atoms with van der Waals surface area (Å²) in [6, 6.07) is 28.2. The van der Waals surface area contributed by atoms with Gasteiger partial charge in [-0.3, -0.25) is 13.9 Å². The van der Waals surface area contributed by atoms with E-state index in [0.29, 0.717) is 0 Å². The first-order valence-electron chi connectivity index (χ1n) is 13.3. The SMILES string of the molecule is CNC(=O)[C@H](Cc1ccccc1)N(Cc1ccccc1F)C(=O)CN(c1ccccc1OC)S(=O)(=O)c1ccccc1. The minimum atomic E-state index is -4.28. The Kier molecular flexibility index (Phi) is 9.93. The first kappa shape index (κ1) is 30.3. The van der Waals surface area contributed by atoms with Crippen LogP contribution in [-0.2, 0) is 32.6 Å². The van der Waals surface area contributed by atoms with Crippen molar-refractivity contribution in [3.05, 3.63) is 126 Å². The molecule has 0 spiro atoms. The number of rotatable bonds is 12. The molecule has 0 radical (unpaired) electrons. The van der Waals surface area contributed by atoms with Crippen LogP contribution in [0.3, 0.4) is 0 Å². The van der Waals surface area contributed by atoms with E-state index in [-0.39, 0.29) is 34.9 Å². The Balaban J connectivity index is 1.82. The van der Waals surface area contributed by atoms with Crippen LogP contribution in [0.25, 0.3) is 0 Å². The van der Waals surface area contributed by atoms with Crippen LogP contribution in [0.1, 0.15) is 11.1 Å². The summed E-state index contributed by atoms with van der Waals surface area (Å²) in [6.07, 6.45) is 0.126. The average Bonchev–Trinajstić information content (AvgIpc) is 3.02. The first-order chi connectivity index (χ1) is 20.3. The molecule has 1 N–H and O–H groups in total. The molecule has 0 heterocycles. The molecule has 0 saturated heterocycles. The third-order valence-corrected chi connectivity index (χ3v) is 8.55. The van der Waals surface area contributed by atoms with Gasteiger partial charge in [-0.1, -0.05) is 78.9 Å². The summed E-state index contributed by atoms with van der Waals surface area (Å²) in [6.45, 7) is -0.935. The van der Waals surface area contributed by atoms with E-state index in [2.05, 4.69) is 5.32 Å². The Morgan fingerprint density at radius 3 is 2.10 bits per heavy atom. The molecular weight excluding hydrogens is 557 g/mol. The maximum Gasteiger partial charge on any atom is 0.264 e. The molecule has 8 nitrogen and oxygen atoms in total. The van der Waals surface area contributed by atoms with E-state index in [1.807, 2.05) is 30.3 Å². The molecular formula is C32H32FN3O5S. The molecule has 4 rings (SSSR count). The van der Waals surface area contributed by atoms with E-state index in [1.165, 1.54) is 55.5 Å². The van der Waals surface area contributed by atoms with Crippen LogP contribution in [0.4, 0.5) is 10.1 Å². The van der Waals surface area contributed by atoms with Crippen LogP contribution in [0.15, 0.2) is 114 Å². The van der Waals surface area contributed by atoms with E-state index in [9.17, 15) is 22.4 Å². The maximum absolute atomic E-state index is 14.9. The van der Waals surface area contributed by atoms with Gasteiger partial charge in [-0.05, 0) is 35.9 Å². The Labute approximate surface area is 245 Å². The quantitative estimate of drug-likeness (QED) is 0.264. The van der Waals surface area contributed by atoms with Gasteiger partial charge < -0.3 is 15.0 Å². The lowest BCUT2D eigenvalue weighted by Crippen LogP contribution is -2.53. The van der Waals surface area contributed by atoms with Gasteiger partial charge in [0, 0.05) is 25.6 Å². The van der Waals surface area contributed by atoms with Gasteiger partial charge in [0.2, 0.25) is 11.8 Å². The second-order valence-electron chi connectivity index (χ2n) is 9.43. The summed E-state index contributed by atoms with van der Waals surface area (Å²) in [7, 11) is -1.42. The van der Waals surface area contributed by atoms with E-state index in [4.69, 9.17) is 4.74 Å². The Hall–Kier alpha value is -4.70. The van der Waals surface area contributed by atoms with E-state index in [0.717, 1.165) is 9.87 Å². The molecule has 218 valence electrons. The number of ether oxygens (including phenoxy) is 1. The summed E-state index contributed by atoms with van der Waals surface area (Å²) in [4.78, 5) is 28.7. The predicted molar refractivity (Wildman–Crippen MR) is 159 cm³/mol. The molecule has 10 heteroatoms.